The van der Waals surface area contributed by atoms with Gasteiger partial charge in [-0.25, -0.2) is 0 Å². The lowest BCUT2D eigenvalue weighted by Gasteiger charge is -2.38. The molecule has 0 amide bonds. The fourth-order valence-corrected chi connectivity index (χ4v) is 4.36. The zero-order valence-corrected chi connectivity index (χ0v) is 17.0. The van der Waals surface area contributed by atoms with E-state index in [0.717, 1.165) is 0 Å². The van der Waals surface area contributed by atoms with Crippen molar-refractivity contribution in [2.75, 3.05) is 32.7 Å². The van der Waals surface area contributed by atoms with Gasteiger partial charge in [-0.05, 0) is 48.9 Å². The second-order valence-corrected chi connectivity index (χ2v) is 7.22. The van der Waals surface area contributed by atoms with E-state index in [1.807, 2.05) is 0 Å². The maximum atomic E-state index is 2.72. The quantitative estimate of drug-likeness (QED) is 0.722. The van der Waals surface area contributed by atoms with Crippen LogP contribution < -0.4 is 0 Å². The second kappa shape index (κ2) is 10.3. The zero-order valence-electron chi connectivity index (χ0n) is 15.3. The van der Waals surface area contributed by atoms with Crippen LogP contribution in [0.5, 0.6) is 0 Å². The molecule has 0 saturated carbocycles. The average Bonchev–Trinajstić information content (AvgIpc) is 3.07. The Morgan fingerprint density at radius 2 is 1.50 bits per heavy atom. The Kier molecular flexibility index (Phi) is 8.43. The summed E-state index contributed by atoms with van der Waals surface area (Å²) in [6.07, 6.45) is 5.05. The van der Waals surface area contributed by atoms with Crippen LogP contribution in [0.3, 0.4) is 0 Å². The van der Waals surface area contributed by atoms with E-state index in [1.54, 1.807) is 11.1 Å². The highest BCUT2D eigenvalue weighted by Crippen LogP contribution is 2.35. The maximum Gasteiger partial charge on any atom is 0.0355 e. The molecule has 1 atom stereocenters. The van der Waals surface area contributed by atoms with E-state index in [4.69, 9.17) is 0 Å². The number of nitrogens with zero attached hydrogens (tertiary/aromatic N) is 2. The van der Waals surface area contributed by atoms with E-state index in [-0.39, 0.29) is 24.8 Å². The van der Waals surface area contributed by atoms with E-state index in [9.17, 15) is 0 Å². The van der Waals surface area contributed by atoms with Crippen molar-refractivity contribution in [3.8, 4) is 0 Å². The number of hydrogen-bond acceptors (Lipinski definition) is 2. The molecule has 0 bridgehead atoms. The molecule has 2 nitrogen and oxygen atoms in total. The molecule has 0 spiro atoms. The number of fused-ring (bicyclic) bond motifs is 1. The second-order valence-electron chi connectivity index (χ2n) is 7.22. The SMILES string of the molecule is Cl.Cl.c1ccc(CCCN2CCN(C3CCc4ccccc43)CC2)cc1. The Morgan fingerprint density at radius 3 is 2.27 bits per heavy atom. The van der Waals surface area contributed by atoms with E-state index < -0.39 is 0 Å². The molecule has 0 radical (unpaired) electrons. The van der Waals surface area contributed by atoms with Gasteiger partial charge >= 0.3 is 0 Å². The summed E-state index contributed by atoms with van der Waals surface area (Å²) >= 11 is 0. The summed E-state index contributed by atoms with van der Waals surface area (Å²) in [6, 6.07) is 20.6. The van der Waals surface area contributed by atoms with Crippen LogP contribution in [-0.2, 0) is 12.8 Å². The molecule has 1 aliphatic carbocycles. The number of benzene rings is 2. The fourth-order valence-electron chi connectivity index (χ4n) is 4.36. The van der Waals surface area contributed by atoms with Crippen molar-refractivity contribution in [2.24, 2.45) is 0 Å². The Bertz CT molecular complexity index is 654. The molecule has 1 heterocycles. The van der Waals surface area contributed by atoms with Gasteiger partial charge in [-0.15, -0.1) is 24.8 Å². The van der Waals surface area contributed by atoms with Gasteiger partial charge < -0.3 is 4.90 Å². The van der Waals surface area contributed by atoms with Crippen molar-refractivity contribution in [1.29, 1.82) is 0 Å². The first-order valence-corrected chi connectivity index (χ1v) is 9.48. The predicted octanol–water partition coefficient (Wildman–Crippen LogP) is 4.77. The van der Waals surface area contributed by atoms with Crippen LogP contribution in [0.25, 0.3) is 0 Å². The van der Waals surface area contributed by atoms with E-state index in [2.05, 4.69) is 64.4 Å². The number of piperazine rings is 1. The van der Waals surface area contributed by atoms with Gasteiger partial charge in [0.25, 0.3) is 0 Å². The summed E-state index contributed by atoms with van der Waals surface area (Å²) in [5, 5.41) is 0. The molecule has 1 saturated heterocycles. The molecule has 4 heteroatoms. The molecule has 1 unspecified atom stereocenters. The van der Waals surface area contributed by atoms with Crippen molar-refractivity contribution >= 4 is 24.8 Å². The Hall–Kier alpha value is -1.06. The minimum atomic E-state index is 0. The molecule has 142 valence electrons. The molecule has 2 aromatic rings. The summed E-state index contributed by atoms with van der Waals surface area (Å²) in [5.41, 5.74) is 4.64. The van der Waals surface area contributed by atoms with Gasteiger partial charge in [0, 0.05) is 32.2 Å². The van der Waals surface area contributed by atoms with Crippen LogP contribution in [0.2, 0.25) is 0 Å². The van der Waals surface area contributed by atoms with Gasteiger partial charge in [0.15, 0.2) is 0 Å². The Morgan fingerprint density at radius 1 is 0.808 bits per heavy atom. The van der Waals surface area contributed by atoms with Crippen LogP contribution in [0, 0.1) is 0 Å². The van der Waals surface area contributed by atoms with E-state index in [0.29, 0.717) is 6.04 Å². The summed E-state index contributed by atoms with van der Waals surface area (Å²) in [5.74, 6) is 0. The molecule has 2 aliphatic rings. The van der Waals surface area contributed by atoms with Crippen LogP contribution in [0.1, 0.15) is 35.6 Å². The lowest BCUT2D eigenvalue weighted by molar-refractivity contribution is 0.0953. The topological polar surface area (TPSA) is 6.48 Å². The Labute approximate surface area is 170 Å². The van der Waals surface area contributed by atoms with Gasteiger partial charge in [0.05, 0.1) is 0 Å². The van der Waals surface area contributed by atoms with Gasteiger partial charge in [0.2, 0.25) is 0 Å². The number of aryl methyl sites for hydroxylation is 2. The highest BCUT2D eigenvalue weighted by molar-refractivity contribution is 5.85. The third kappa shape index (κ3) is 5.01. The fraction of sp³-hybridized carbons (Fsp3) is 0.455. The summed E-state index contributed by atoms with van der Waals surface area (Å²) in [6.45, 7) is 6.15. The normalized spacial score (nSPS) is 20.1. The standard InChI is InChI=1S/C22H28N2.2ClH/c1-2-7-19(8-3-1)9-6-14-23-15-17-24(18-16-23)22-13-12-20-10-4-5-11-21(20)22;;/h1-5,7-8,10-11,22H,6,9,12-18H2;2*1H. The van der Waals surface area contributed by atoms with Gasteiger partial charge in [0.1, 0.15) is 0 Å². The molecule has 1 aliphatic heterocycles. The third-order valence-electron chi connectivity index (χ3n) is 5.73. The molecular weight excluding hydrogens is 363 g/mol. The molecular formula is C22H30Cl2N2. The van der Waals surface area contributed by atoms with Crippen LogP contribution in [0.15, 0.2) is 54.6 Å². The van der Waals surface area contributed by atoms with Crippen molar-refractivity contribution in [3.63, 3.8) is 0 Å². The molecule has 0 aromatic heterocycles. The van der Waals surface area contributed by atoms with Crippen LogP contribution in [0.4, 0.5) is 0 Å². The van der Waals surface area contributed by atoms with Gasteiger partial charge in [-0.1, -0.05) is 54.6 Å². The number of rotatable bonds is 5. The predicted molar refractivity (Wildman–Crippen MR) is 115 cm³/mol. The van der Waals surface area contributed by atoms with Crippen molar-refractivity contribution in [3.05, 3.63) is 71.3 Å². The molecule has 2 aromatic carbocycles. The van der Waals surface area contributed by atoms with Crippen molar-refractivity contribution in [1.82, 2.24) is 9.80 Å². The highest BCUT2D eigenvalue weighted by atomic mass is 35.5. The molecule has 4 rings (SSSR count). The van der Waals surface area contributed by atoms with E-state index in [1.165, 1.54) is 64.0 Å². The Balaban J connectivity index is 0.00000121. The highest BCUT2D eigenvalue weighted by Gasteiger charge is 2.29. The van der Waals surface area contributed by atoms with Gasteiger partial charge in [-0.2, -0.15) is 0 Å². The third-order valence-corrected chi connectivity index (χ3v) is 5.73. The van der Waals surface area contributed by atoms with Crippen LogP contribution >= 0.6 is 24.8 Å². The lowest BCUT2D eigenvalue weighted by atomic mass is 10.1. The number of hydrogen-bond donors (Lipinski definition) is 0. The average molecular weight is 393 g/mol. The monoisotopic (exact) mass is 392 g/mol. The van der Waals surface area contributed by atoms with Gasteiger partial charge in [-0.3, -0.25) is 4.90 Å². The van der Waals surface area contributed by atoms with Crippen LogP contribution in [-0.4, -0.2) is 42.5 Å². The largest absolute Gasteiger partial charge is 0.301 e. The number of halogens is 2. The lowest BCUT2D eigenvalue weighted by Crippen LogP contribution is -2.47. The smallest absolute Gasteiger partial charge is 0.0355 e. The molecule has 0 N–H and O–H groups in total. The first-order valence-electron chi connectivity index (χ1n) is 9.48. The summed E-state index contributed by atoms with van der Waals surface area (Å²) in [7, 11) is 0. The summed E-state index contributed by atoms with van der Waals surface area (Å²) < 4.78 is 0. The molecule has 1 fully saturated rings. The minimum Gasteiger partial charge on any atom is -0.301 e. The first-order chi connectivity index (χ1) is 11.9. The minimum absolute atomic E-state index is 0. The van der Waals surface area contributed by atoms with Crippen molar-refractivity contribution in [2.45, 2.75) is 31.7 Å². The van der Waals surface area contributed by atoms with E-state index >= 15 is 0 Å². The molecule has 26 heavy (non-hydrogen) atoms. The van der Waals surface area contributed by atoms with Crippen molar-refractivity contribution < 1.29 is 0 Å². The first kappa shape index (κ1) is 21.2. The maximum absolute atomic E-state index is 2.72. The summed E-state index contributed by atoms with van der Waals surface area (Å²) in [4.78, 5) is 5.37. The zero-order chi connectivity index (χ0) is 16.2.